The van der Waals surface area contributed by atoms with Gasteiger partial charge in [-0.3, -0.25) is 4.79 Å². The van der Waals surface area contributed by atoms with Gasteiger partial charge in [-0.15, -0.1) is 0 Å². The number of aryl methyl sites for hydroxylation is 1. The Bertz CT molecular complexity index is 1030. The number of methoxy groups -OCH3 is 1. The summed E-state index contributed by atoms with van der Waals surface area (Å²) >= 11 is 6.08. The lowest BCUT2D eigenvalue weighted by Gasteiger charge is -2.25. The van der Waals surface area contributed by atoms with Crippen molar-refractivity contribution in [2.24, 2.45) is 7.05 Å². The highest BCUT2D eigenvalue weighted by atomic mass is 35.5. The molecule has 0 spiro atoms. The molecule has 0 bridgehead atoms. The molecule has 2 aromatic heterocycles. The molecule has 4 rings (SSSR count). The van der Waals surface area contributed by atoms with Crippen LogP contribution in [-0.4, -0.2) is 27.6 Å². The van der Waals surface area contributed by atoms with E-state index in [2.05, 4.69) is 15.3 Å². The molecule has 0 saturated heterocycles. The van der Waals surface area contributed by atoms with E-state index in [0.717, 1.165) is 11.1 Å². The second-order valence-electron chi connectivity index (χ2n) is 6.40. The highest BCUT2D eigenvalue weighted by molar-refractivity contribution is 6.31. The Balaban J connectivity index is 1.95. The zero-order valence-electron chi connectivity index (χ0n) is 14.6. The molecule has 26 heavy (non-hydrogen) atoms. The zero-order chi connectivity index (χ0) is 18.5. The highest BCUT2D eigenvalue weighted by Crippen LogP contribution is 2.46. The maximum atomic E-state index is 12.9. The summed E-state index contributed by atoms with van der Waals surface area (Å²) in [5.74, 6) is 1.13. The Morgan fingerprint density at radius 1 is 1.23 bits per heavy atom. The van der Waals surface area contributed by atoms with Gasteiger partial charge in [0.2, 0.25) is 5.91 Å². The maximum Gasteiger partial charge on any atom is 0.239 e. The molecule has 3 heterocycles. The molecule has 1 aliphatic rings. The fourth-order valence-corrected chi connectivity index (χ4v) is 3.60. The van der Waals surface area contributed by atoms with Crippen LogP contribution < -0.4 is 10.1 Å². The van der Waals surface area contributed by atoms with E-state index in [4.69, 9.17) is 16.3 Å². The third kappa shape index (κ3) is 2.29. The van der Waals surface area contributed by atoms with Crippen LogP contribution in [0.1, 0.15) is 18.1 Å². The minimum Gasteiger partial charge on any atom is -0.495 e. The summed E-state index contributed by atoms with van der Waals surface area (Å²) in [5, 5.41) is 3.50. The van der Waals surface area contributed by atoms with E-state index in [1.54, 1.807) is 31.6 Å². The third-order valence-electron chi connectivity index (χ3n) is 4.90. The summed E-state index contributed by atoms with van der Waals surface area (Å²) in [4.78, 5) is 21.7. The largest absolute Gasteiger partial charge is 0.495 e. The lowest BCUT2D eigenvalue weighted by atomic mass is 9.77. The number of carbonyl (C=O) groups is 1. The molecule has 0 aliphatic carbocycles. The summed E-state index contributed by atoms with van der Waals surface area (Å²) in [6.45, 7) is 1.88. The Labute approximate surface area is 155 Å². The minimum absolute atomic E-state index is 0.134. The van der Waals surface area contributed by atoms with Crippen molar-refractivity contribution < 1.29 is 9.53 Å². The topological polar surface area (TPSA) is 69.0 Å². The van der Waals surface area contributed by atoms with E-state index in [1.807, 2.05) is 36.9 Å². The third-order valence-corrected chi connectivity index (χ3v) is 5.13. The van der Waals surface area contributed by atoms with Gasteiger partial charge in [0.05, 0.1) is 13.3 Å². The van der Waals surface area contributed by atoms with Crippen molar-refractivity contribution in [1.29, 1.82) is 0 Å². The van der Waals surface area contributed by atoms with E-state index >= 15 is 0 Å². The van der Waals surface area contributed by atoms with Crippen molar-refractivity contribution in [3.05, 3.63) is 59.0 Å². The molecule has 0 unspecified atom stereocenters. The fourth-order valence-electron chi connectivity index (χ4n) is 3.42. The average molecular weight is 369 g/mol. The van der Waals surface area contributed by atoms with Gasteiger partial charge >= 0.3 is 0 Å². The Kier molecular flexibility index (Phi) is 3.73. The van der Waals surface area contributed by atoms with Gasteiger partial charge in [0.15, 0.2) is 5.82 Å². The Morgan fingerprint density at radius 2 is 2.04 bits per heavy atom. The summed E-state index contributed by atoms with van der Waals surface area (Å²) in [5.41, 5.74) is 2.04. The van der Waals surface area contributed by atoms with Gasteiger partial charge in [-0.25, -0.2) is 9.97 Å². The number of fused-ring (bicyclic) bond motifs is 1. The fraction of sp³-hybridized carbons (Fsp3) is 0.211. The number of hydrogen-bond acceptors (Lipinski definition) is 4. The molecule has 3 aromatic rings. The molecule has 1 N–H and O–H groups in total. The molecule has 0 radical (unpaired) electrons. The van der Waals surface area contributed by atoms with E-state index in [0.29, 0.717) is 28.0 Å². The molecule has 132 valence electrons. The van der Waals surface area contributed by atoms with Gasteiger partial charge in [-0.1, -0.05) is 17.7 Å². The highest BCUT2D eigenvalue weighted by Gasteiger charge is 2.46. The Hall–Kier alpha value is -2.86. The molecule has 0 fully saturated rings. The van der Waals surface area contributed by atoms with Gasteiger partial charge < -0.3 is 14.6 Å². The lowest BCUT2D eigenvalue weighted by molar-refractivity contribution is -0.119. The smallest absolute Gasteiger partial charge is 0.239 e. The minimum atomic E-state index is -0.923. The zero-order valence-corrected chi connectivity index (χ0v) is 15.3. The molecule has 0 saturated carbocycles. The first-order valence-corrected chi connectivity index (χ1v) is 8.46. The lowest BCUT2D eigenvalue weighted by Crippen LogP contribution is -2.33. The number of hydrogen-bond donors (Lipinski definition) is 1. The number of nitrogens with one attached hydrogen (secondary N) is 1. The SMILES string of the molecule is COc1cnc(-c2nccn2C)cc1[C@]1(C)C(=O)Nc2cc(Cl)ccc21. The normalized spacial score (nSPS) is 18.5. The predicted molar refractivity (Wildman–Crippen MR) is 99.5 cm³/mol. The average Bonchev–Trinajstić information content (AvgIpc) is 3.16. The molecule has 6 nitrogen and oxygen atoms in total. The van der Waals surface area contributed by atoms with Gasteiger partial charge in [0.25, 0.3) is 0 Å². The molecular weight excluding hydrogens is 352 g/mol. The van der Waals surface area contributed by atoms with E-state index in [9.17, 15) is 4.79 Å². The summed E-state index contributed by atoms with van der Waals surface area (Å²) < 4.78 is 7.40. The monoisotopic (exact) mass is 368 g/mol. The summed E-state index contributed by atoms with van der Waals surface area (Å²) in [7, 11) is 3.47. The summed E-state index contributed by atoms with van der Waals surface area (Å²) in [6.07, 6.45) is 5.19. The summed E-state index contributed by atoms with van der Waals surface area (Å²) in [6, 6.07) is 7.28. The molecular formula is C19H17ClN4O2. The van der Waals surface area contributed by atoms with Crippen LogP contribution in [0.2, 0.25) is 5.02 Å². The van der Waals surface area contributed by atoms with Crippen LogP contribution in [0.4, 0.5) is 5.69 Å². The van der Waals surface area contributed by atoms with E-state index in [-0.39, 0.29) is 5.91 Å². The van der Waals surface area contributed by atoms with Gasteiger partial charge in [-0.2, -0.15) is 0 Å². The van der Waals surface area contributed by atoms with Gasteiger partial charge in [-0.05, 0) is 30.7 Å². The van der Waals surface area contributed by atoms with Crippen LogP contribution >= 0.6 is 11.6 Å². The first-order chi connectivity index (χ1) is 12.4. The number of nitrogens with zero attached hydrogens (tertiary/aromatic N) is 3. The van der Waals surface area contributed by atoms with Crippen molar-refractivity contribution >= 4 is 23.2 Å². The molecule has 1 aliphatic heterocycles. The van der Waals surface area contributed by atoms with Crippen LogP contribution in [0.3, 0.4) is 0 Å². The number of rotatable bonds is 3. The number of aromatic nitrogens is 3. The number of imidazole rings is 1. The number of carbonyl (C=O) groups excluding carboxylic acids is 1. The van der Waals surface area contributed by atoms with Crippen LogP contribution in [0, 0.1) is 0 Å². The number of anilines is 1. The van der Waals surface area contributed by atoms with Crippen LogP contribution in [0.25, 0.3) is 11.5 Å². The van der Waals surface area contributed by atoms with Crippen molar-refractivity contribution in [3.63, 3.8) is 0 Å². The van der Waals surface area contributed by atoms with Crippen molar-refractivity contribution in [2.75, 3.05) is 12.4 Å². The second kappa shape index (κ2) is 5.85. The van der Waals surface area contributed by atoms with Crippen LogP contribution in [0.5, 0.6) is 5.75 Å². The molecule has 1 amide bonds. The standard InChI is InChI=1S/C19H17ClN4O2/c1-19(12-5-4-11(20)8-14(12)23-18(19)25)13-9-15(22-10-16(13)26-3)17-21-6-7-24(17)2/h4-10H,1-3H3,(H,23,25)/t19-/m1/s1. The van der Waals surface area contributed by atoms with Crippen LogP contribution in [-0.2, 0) is 17.3 Å². The van der Waals surface area contributed by atoms with Crippen molar-refractivity contribution in [1.82, 2.24) is 14.5 Å². The maximum absolute atomic E-state index is 12.9. The second-order valence-corrected chi connectivity index (χ2v) is 6.84. The van der Waals surface area contributed by atoms with Crippen LogP contribution in [0.15, 0.2) is 42.9 Å². The first-order valence-electron chi connectivity index (χ1n) is 8.09. The van der Waals surface area contributed by atoms with Crippen molar-refractivity contribution in [2.45, 2.75) is 12.3 Å². The quantitative estimate of drug-likeness (QED) is 0.769. The van der Waals surface area contributed by atoms with Crippen molar-refractivity contribution in [3.8, 4) is 17.3 Å². The van der Waals surface area contributed by atoms with Gasteiger partial charge in [0, 0.05) is 35.7 Å². The van der Waals surface area contributed by atoms with Gasteiger partial charge in [0.1, 0.15) is 16.9 Å². The van der Waals surface area contributed by atoms with E-state index in [1.165, 1.54) is 0 Å². The molecule has 1 aromatic carbocycles. The molecule has 7 heteroatoms. The Morgan fingerprint density at radius 3 is 2.73 bits per heavy atom. The first kappa shape index (κ1) is 16.6. The number of benzene rings is 1. The molecule has 1 atom stereocenters. The number of ether oxygens (including phenoxy) is 1. The number of halogens is 1. The number of pyridine rings is 1. The predicted octanol–water partition coefficient (Wildman–Crippen LogP) is 3.40. The van der Waals surface area contributed by atoms with E-state index < -0.39 is 5.41 Å². The number of amides is 1.